The molecule has 0 N–H and O–H groups in total. The van der Waals surface area contributed by atoms with Crippen molar-refractivity contribution in [1.82, 2.24) is 84.3 Å². The first-order valence-corrected chi connectivity index (χ1v) is 45.8. The van der Waals surface area contributed by atoms with Gasteiger partial charge >= 0.3 is 0 Å². The molecule has 0 aliphatic rings. The van der Waals surface area contributed by atoms with Crippen LogP contribution < -0.4 is 0 Å². The summed E-state index contributed by atoms with van der Waals surface area (Å²) in [4.78, 5) is 69.5. The molecule has 0 fully saturated rings. The van der Waals surface area contributed by atoms with Crippen molar-refractivity contribution in [3.63, 3.8) is 0 Å². The van der Waals surface area contributed by atoms with E-state index < -0.39 is 0 Å². The van der Waals surface area contributed by atoms with Crippen molar-refractivity contribution in [1.29, 1.82) is 0 Å². The summed E-state index contributed by atoms with van der Waals surface area (Å²) in [7, 11) is 0. The van der Waals surface area contributed by atoms with Gasteiger partial charge in [-0.05, 0) is 111 Å². The number of hydrogen-bond donors (Lipinski definition) is 0. The molecule has 0 saturated heterocycles. The van der Waals surface area contributed by atoms with E-state index in [0.717, 1.165) is 106 Å². The number of aryl methyl sites for hydroxylation is 8. The van der Waals surface area contributed by atoms with E-state index in [9.17, 15) is 0 Å². The molecular formula is C124H95Ir4N17-8. The molecule has 9 heterocycles. The maximum atomic E-state index is 4.67. The Labute approximate surface area is 901 Å². The quantitative estimate of drug-likeness (QED) is 0.0982. The molecule has 0 bridgehead atoms. The van der Waals surface area contributed by atoms with Gasteiger partial charge in [0.1, 0.15) is 25.3 Å². The third-order valence-corrected chi connectivity index (χ3v) is 21.5. The Morgan fingerprint density at radius 1 is 0.200 bits per heavy atom. The van der Waals surface area contributed by atoms with Gasteiger partial charge < -0.3 is 24.5 Å². The number of aromatic nitrogens is 17. The predicted molar refractivity (Wildman–Crippen MR) is 564 cm³/mol. The van der Waals surface area contributed by atoms with Crippen molar-refractivity contribution in [2.45, 2.75) is 55.4 Å². The van der Waals surface area contributed by atoms with Crippen LogP contribution in [0.2, 0.25) is 0 Å². The van der Waals surface area contributed by atoms with Gasteiger partial charge in [0.2, 0.25) is 0 Å². The number of rotatable bonds is 13. The predicted octanol–water partition coefficient (Wildman–Crippen LogP) is 27.8. The van der Waals surface area contributed by atoms with Crippen LogP contribution in [-0.4, -0.2) is 84.3 Å². The van der Waals surface area contributed by atoms with Crippen molar-refractivity contribution in [2.24, 2.45) is 0 Å². The molecule has 0 amide bonds. The molecule has 720 valence electrons. The van der Waals surface area contributed by atoms with Crippen LogP contribution >= 0.6 is 0 Å². The summed E-state index contributed by atoms with van der Waals surface area (Å²) in [6.45, 7) is 16.5. The maximum Gasteiger partial charge on any atom is 0.153 e. The topological polar surface area (TPSA) is 211 Å². The first kappa shape index (κ1) is 108. The maximum absolute atomic E-state index is 4.67. The second-order valence-electron chi connectivity index (χ2n) is 32.6. The van der Waals surface area contributed by atoms with Crippen LogP contribution in [0, 0.1) is 104 Å². The Kier molecular flexibility index (Phi) is 41.3. The zero-order valence-electron chi connectivity index (χ0n) is 80.4. The minimum atomic E-state index is 0. The summed E-state index contributed by atoms with van der Waals surface area (Å²) in [5.74, 6) is 5.37. The van der Waals surface area contributed by atoms with Gasteiger partial charge in [0.05, 0.1) is 40.0 Å². The summed E-state index contributed by atoms with van der Waals surface area (Å²) in [6, 6.07) is 152. The Hall–Kier alpha value is -15.9. The zero-order valence-corrected chi connectivity index (χ0v) is 90.0. The summed E-state index contributed by atoms with van der Waals surface area (Å²) < 4.78 is 2.27. The smallest absolute Gasteiger partial charge is 0.153 e. The molecule has 9 aromatic heterocycles. The van der Waals surface area contributed by atoms with Crippen LogP contribution in [0.5, 0.6) is 0 Å². The zero-order chi connectivity index (χ0) is 97.1. The Bertz CT molecular complexity index is 6980. The SMILES string of the molecule is Cc1[c-]c(-c2ncnc(-c3cc(C)cc(C)c3)n2)cc(C)c1.Cc1[c-]c(-c2ncnc(-c3cc(C)cc(C)c3)n2)cc(C)c1.[Ir].[Ir].[Ir].[Ir].[c-]1ccccc1-c1ccc(-n2c3ccccc3c3ccccc32)cn1.[c-]1ccccc1-c1ccccn1.[c-]1ccccc1-c1ccccn1.[c-]1ccccc1-c1ccccn1.[c-]1ccccc1-c1ncnc(-c2ccccc2)n1.[c-]1ccccc1-c1ncnc(-c2ccccc2)n1. The molecule has 23 aromatic rings. The molecule has 23 rings (SSSR count). The Morgan fingerprint density at radius 3 is 0.759 bits per heavy atom. The second-order valence-corrected chi connectivity index (χ2v) is 32.6. The first-order valence-electron chi connectivity index (χ1n) is 45.8. The summed E-state index contributed by atoms with van der Waals surface area (Å²) in [5.41, 5.74) is 28.4. The average molecular weight is 2590 g/mol. The molecule has 0 saturated carbocycles. The number of pyridine rings is 4. The number of fused-ring (bicyclic) bond motifs is 3. The molecular weight excluding hydrogens is 2500 g/mol. The molecule has 17 nitrogen and oxygen atoms in total. The van der Waals surface area contributed by atoms with Crippen LogP contribution in [-0.2, 0) is 80.4 Å². The Balaban J connectivity index is 0.000000149. The third-order valence-electron chi connectivity index (χ3n) is 21.5. The normalized spacial score (nSPS) is 10.1. The van der Waals surface area contributed by atoms with Crippen LogP contribution in [0.15, 0.2) is 432 Å². The summed E-state index contributed by atoms with van der Waals surface area (Å²) >= 11 is 0. The summed E-state index contributed by atoms with van der Waals surface area (Å²) in [6.07, 6.45) is 13.5. The molecule has 4 radical (unpaired) electrons. The van der Waals surface area contributed by atoms with Crippen LogP contribution in [0.1, 0.15) is 44.5 Å². The van der Waals surface area contributed by atoms with Gasteiger partial charge in [-0.25, -0.2) is 19.9 Å². The average Bonchev–Trinajstić information content (AvgIpc) is 1.60. The Morgan fingerprint density at radius 2 is 0.469 bits per heavy atom. The van der Waals surface area contributed by atoms with E-state index in [-0.39, 0.29) is 80.4 Å². The molecule has 145 heavy (non-hydrogen) atoms. The third kappa shape index (κ3) is 31.1. The van der Waals surface area contributed by atoms with Gasteiger partial charge in [-0.2, -0.15) is 0 Å². The molecule has 21 heteroatoms. The van der Waals surface area contributed by atoms with Gasteiger partial charge in [-0.15, -0.1) is 285 Å². The van der Waals surface area contributed by atoms with Crippen molar-refractivity contribution in [3.05, 3.63) is 525 Å². The van der Waals surface area contributed by atoms with Gasteiger partial charge in [-0.3, -0.25) is 39.9 Å². The van der Waals surface area contributed by atoms with Crippen molar-refractivity contribution in [2.75, 3.05) is 0 Å². The van der Waals surface area contributed by atoms with E-state index in [1.165, 1.54) is 67.8 Å². The summed E-state index contributed by atoms with van der Waals surface area (Å²) in [5, 5.41) is 2.53. The van der Waals surface area contributed by atoms with Crippen molar-refractivity contribution < 1.29 is 80.4 Å². The van der Waals surface area contributed by atoms with Gasteiger partial charge in [-0.1, -0.05) is 202 Å². The van der Waals surface area contributed by atoms with Crippen molar-refractivity contribution in [3.8, 4) is 142 Å². The first-order chi connectivity index (χ1) is 69.2. The van der Waals surface area contributed by atoms with Crippen LogP contribution in [0.25, 0.3) is 164 Å². The van der Waals surface area contributed by atoms with Gasteiger partial charge in [0.25, 0.3) is 0 Å². The number of benzene rings is 14. The minimum absolute atomic E-state index is 0. The van der Waals surface area contributed by atoms with Gasteiger partial charge in [0.15, 0.2) is 23.3 Å². The van der Waals surface area contributed by atoms with Crippen LogP contribution in [0.4, 0.5) is 0 Å². The standard InChI is InChI=1S/C23H15N2.2C19H18N3.2C15H10N3.3C11H8N.4Ir/c1-2-8-17(9-3-1)21-15-14-18(16-24-21)25-22-12-6-4-10-19(22)20-11-5-7-13-23(20)25;2*1-12-5-13(2)8-16(7-12)18-20-11-21-19(22-18)17-9-14(3)6-15(4)10-17;2*1-3-7-12(8-4-1)14-16-11-17-15(18-14)13-9-5-2-6-10-13;3*1-2-6-10(7-3-1)11-8-4-5-9-12-11;;;;/h1-8,10-16H;2*5-9,11H,1-4H3;2*1-9,11H;3*1-6,8-9H;;;;/q8*-1;;;;. The molecule has 0 atom stereocenters. The fourth-order valence-electron chi connectivity index (χ4n) is 15.4. The molecule has 0 spiro atoms. The van der Waals surface area contributed by atoms with Gasteiger partial charge in [0, 0.05) is 138 Å². The fourth-order valence-corrected chi connectivity index (χ4v) is 15.4. The minimum Gasteiger partial charge on any atom is -0.308 e. The van der Waals surface area contributed by atoms with E-state index in [1.807, 2.05) is 293 Å². The van der Waals surface area contributed by atoms with E-state index in [0.29, 0.717) is 46.6 Å². The number of para-hydroxylation sites is 2. The number of hydrogen-bond acceptors (Lipinski definition) is 16. The monoisotopic (exact) mass is 2590 g/mol. The number of nitrogens with zero attached hydrogens (tertiary/aromatic N) is 17. The van der Waals surface area contributed by atoms with E-state index in [1.54, 1.807) is 31.2 Å². The molecule has 0 aliphatic carbocycles. The largest absolute Gasteiger partial charge is 0.308 e. The molecule has 0 aliphatic heterocycles. The molecule has 0 unspecified atom stereocenters. The second kappa shape index (κ2) is 55.5. The van der Waals surface area contributed by atoms with Crippen LogP contribution in [0.3, 0.4) is 0 Å². The van der Waals surface area contributed by atoms with E-state index in [4.69, 9.17) is 0 Å². The van der Waals surface area contributed by atoms with Crippen molar-refractivity contribution >= 4 is 21.8 Å². The molecule has 14 aromatic carbocycles. The van der Waals surface area contributed by atoms with E-state index in [2.05, 4.69) is 284 Å². The fraction of sp³-hybridized carbons (Fsp3) is 0.0645. The van der Waals surface area contributed by atoms with E-state index >= 15 is 0 Å².